The molecule has 1 aliphatic rings. The van der Waals surface area contributed by atoms with Gasteiger partial charge in [-0.1, -0.05) is 6.08 Å². The fraction of sp³-hybridized carbons (Fsp3) is 0.281. The maximum Gasteiger partial charge on any atom is 0.244 e. The minimum absolute atomic E-state index is 0.167. The van der Waals surface area contributed by atoms with Crippen LogP contribution in [0.25, 0.3) is 16.6 Å². The van der Waals surface area contributed by atoms with Gasteiger partial charge in [-0.25, -0.2) is 23.9 Å². The van der Waals surface area contributed by atoms with E-state index < -0.39 is 5.82 Å². The summed E-state index contributed by atoms with van der Waals surface area (Å²) in [6.07, 6.45) is 7.98. The van der Waals surface area contributed by atoms with Gasteiger partial charge in [-0.2, -0.15) is 5.10 Å². The summed E-state index contributed by atoms with van der Waals surface area (Å²) < 4.78 is 29.2. The largest absolute Gasteiger partial charge is 0.489 e. The molecule has 4 heterocycles. The average Bonchev–Trinajstić information content (AvgIpc) is 3.41. The van der Waals surface area contributed by atoms with E-state index in [4.69, 9.17) is 9.47 Å². The monoisotopic (exact) mass is 611 g/mol. The van der Waals surface area contributed by atoms with E-state index in [1.54, 1.807) is 35.0 Å². The number of aryl methyl sites for hydroxylation is 1. The second kappa shape index (κ2) is 12.7. The number of benzene rings is 2. The summed E-state index contributed by atoms with van der Waals surface area (Å²) in [7, 11) is 3.89. The van der Waals surface area contributed by atoms with Gasteiger partial charge in [0, 0.05) is 55.5 Å². The van der Waals surface area contributed by atoms with Crippen molar-refractivity contribution in [2.75, 3.05) is 50.6 Å². The van der Waals surface area contributed by atoms with E-state index in [1.165, 1.54) is 18.7 Å². The number of ether oxygens (including phenoxy) is 2. The minimum atomic E-state index is -0.502. The standard InChI is InChI=1S/C32H34FN9O3/c1-5-41-16-21(38-31(43)7-6-9-40(3)4)17-44-29-15-25-23(13-27(29)41)32(36-18-34-25)39-26-11-20(2)28(14-24(26)33)45-22-8-10-42-30(12-22)35-19-37-42/h6-8,10-15,18-19,21H,5,9,16-17H2,1-4H3,(H,38,43)(H,34,36,39)/b7-6+/t21-/m0/s1. The van der Waals surface area contributed by atoms with Crippen LogP contribution < -0.4 is 25.0 Å². The number of amides is 1. The molecule has 0 spiro atoms. The Morgan fingerprint density at radius 3 is 2.87 bits per heavy atom. The van der Waals surface area contributed by atoms with Gasteiger partial charge < -0.3 is 29.9 Å². The van der Waals surface area contributed by atoms with Crippen molar-refractivity contribution in [1.29, 1.82) is 0 Å². The Balaban J connectivity index is 1.23. The lowest BCUT2D eigenvalue weighted by atomic mass is 10.1. The Kier molecular flexibility index (Phi) is 8.43. The van der Waals surface area contributed by atoms with E-state index in [9.17, 15) is 4.79 Å². The number of halogens is 1. The van der Waals surface area contributed by atoms with Crippen molar-refractivity contribution in [1.82, 2.24) is 34.8 Å². The molecular formula is C32H34FN9O3. The van der Waals surface area contributed by atoms with Gasteiger partial charge in [0.05, 0.1) is 22.9 Å². The predicted octanol–water partition coefficient (Wildman–Crippen LogP) is 4.48. The molecule has 0 radical (unpaired) electrons. The first kappa shape index (κ1) is 29.8. The number of anilines is 3. The van der Waals surface area contributed by atoms with Crippen LogP contribution in [0.5, 0.6) is 17.2 Å². The zero-order valence-corrected chi connectivity index (χ0v) is 25.5. The van der Waals surface area contributed by atoms with Crippen molar-refractivity contribution in [2.24, 2.45) is 0 Å². The van der Waals surface area contributed by atoms with E-state index in [0.717, 1.165) is 11.3 Å². The molecular weight excluding hydrogens is 577 g/mol. The molecule has 2 N–H and O–H groups in total. The summed E-state index contributed by atoms with van der Waals surface area (Å²) in [4.78, 5) is 29.7. The van der Waals surface area contributed by atoms with Gasteiger partial charge in [-0.15, -0.1) is 0 Å². The minimum Gasteiger partial charge on any atom is -0.489 e. The number of pyridine rings is 1. The SMILES string of the molecule is CCN1C[C@H](NC(=O)/C=C/CN(C)C)COc2cc3ncnc(Nc4cc(C)c(Oc5ccn6ncnc6c5)cc4F)c3cc21. The molecule has 13 heteroatoms. The van der Waals surface area contributed by atoms with Crippen LogP contribution in [0.15, 0.2) is 67.4 Å². The lowest BCUT2D eigenvalue weighted by molar-refractivity contribution is -0.117. The number of hydrogen-bond acceptors (Lipinski definition) is 10. The number of likely N-dealkylation sites (N-methyl/N-ethyl adjacent to an activating group) is 2. The molecule has 0 saturated heterocycles. The number of hydrogen-bond donors (Lipinski definition) is 2. The molecule has 0 aliphatic carbocycles. The van der Waals surface area contributed by atoms with E-state index in [2.05, 4.69) is 35.6 Å². The number of carbonyl (C=O) groups excluding carboxylic acids is 1. The summed E-state index contributed by atoms with van der Waals surface area (Å²) in [5.74, 6) is 1.33. The molecule has 3 aromatic heterocycles. The number of rotatable bonds is 9. The van der Waals surface area contributed by atoms with Crippen LogP contribution in [0, 0.1) is 12.7 Å². The van der Waals surface area contributed by atoms with Crippen molar-refractivity contribution in [3.05, 3.63) is 78.8 Å². The molecule has 5 aromatic rings. The Hall–Kier alpha value is -5.30. The third kappa shape index (κ3) is 6.63. The van der Waals surface area contributed by atoms with Gasteiger partial charge in [-0.3, -0.25) is 4.79 Å². The molecule has 0 unspecified atom stereocenters. The fourth-order valence-corrected chi connectivity index (χ4v) is 5.13. The normalized spacial score (nSPS) is 14.9. The van der Waals surface area contributed by atoms with E-state index in [0.29, 0.717) is 65.9 Å². The Morgan fingerprint density at radius 1 is 1.18 bits per heavy atom. The molecule has 0 bridgehead atoms. The lowest BCUT2D eigenvalue weighted by Gasteiger charge is -2.25. The van der Waals surface area contributed by atoms with Crippen molar-refractivity contribution in [3.63, 3.8) is 0 Å². The molecule has 6 rings (SSSR count). The molecule has 1 atom stereocenters. The van der Waals surface area contributed by atoms with Crippen LogP contribution in [0.3, 0.4) is 0 Å². The van der Waals surface area contributed by atoms with E-state index >= 15 is 4.39 Å². The van der Waals surface area contributed by atoms with Gasteiger partial charge in [0.25, 0.3) is 0 Å². The zero-order valence-electron chi connectivity index (χ0n) is 25.5. The van der Waals surface area contributed by atoms with Crippen LogP contribution in [0.2, 0.25) is 0 Å². The topological polar surface area (TPSA) is 122 Å². The first-order valence-electron chi connectivity index (χ1n) is 14.6. The molecule has 0 saturated carbocycles. The maximum atomic E-state index is 15.4. The van der Waals surface area contributed by atoms with Crippen molar-refractivity contribution < 1.29 is 18.7 Å². The highest BCUT2D eigenvalue weighted by Crippen LogP contribution is 2.38. The van der Waals surface area contributed by atoms with E-state index in [1.807, 2.05) is 51.1 Å². The molecule has 232 valence electrons. The number of nitrogens with one attached hydrogen (secondary N) is 2. The van der Waals surface area contributed by atoms with Crippen LogP contribution in [-0.2, 0) is 4.79 Å². The van der Waals surface area contributed by atoms with Gasteiger partial charge in [-0.05, 0) is 51.7 Å². The smallest absolute Gasteiger partial charge is 0.244 e. The summed E-state index contributed by atoms with van der Waals surface area (Å²) in [5, 5.41) is 11.0. The van der Waals surface area contributed by atoms with Crippen LogP contribution in [0.4, 0.5) is 21.6 Å². The molecule has 0 fully saturated rings. The third-order valence-electron chi connectivity index (χ3n) is 7.40. The number of fused-ring (bicyclic) bond motifs is 3. The summed E-state index contributed by atoms with van der Waals surface area (Å²) in [6.45, 7) is 6.11. The van der Waals surface area contributed by atoms with Crippen LogP contribution >= 0.6 is 0 Å². The zero-order chi connectivity index (χ0) is 31.5. The van der Waals surface area contributed by atoms with Crippen molar-refractivity contribution in [2.45, 2.75) is 19.9 Å². The molecule has 2 aromatic carbocycles. The van der Waals surface area contributed by atoms with Gasteiger partial charge in [0.2, 0.25) is 5.91 Å². The lowest BCUT2D eigenvalue weighted by Crippen LogP contribution is -2.45. The van der Waals surface area contributed by atoms with Crippen LogP contribution in [-0.4, -0.2) is 81.8 Å². The molecule has 45 heavy (non-hydrogen) atoms. The van der Waals surface area contributed by atoms with Crippen LogP contribution in [0.1, 0.15) is 12.5 Å². The average molecular weight is 612 g/mol. The van der Waals surface area contributed by atoms with Crippen molar-refractivity contribution in [3.8, 4) is 17.2 Å². The van der Waals surface area contributed by atoms with Crippen molar-refractivity contribution >= 4 is 39.6 Å². The molecule has 12 nitrogen and oxygen atoms in total. The second-order valence-corrected chi connectivity index (χ2v) is 11.0. The molecule has 1 aliphatic heterocycles. The first-order chi connectivity index (χ1) is 21.8. The Morgan fingerprint density at radius 2 is 2.04 bits per heavy atom. The third-order valence-corrected chi connectivity index (χ3v) is 7.40. The van der Waals surface area contributed by atoms with Gasteiger partial charge in [0.1, 0.15) is 48.1 Å². The number of nitrogens with zero attached hydrogens (tertiary/aromatic N) is 7. The van der Waals surface area contributed by atoms with Gasteiger partial charge >= 0.3 is 0 Å². The summed E-state index contributed by atoms with van der Waals surface area (Å²) >= 11 is 0. The quantitative estimate of drug-likeness (QED) is 0.231. The molecule has 1 amide bonds. The predicted molar refractivity (Wildman–Crippen MR) is 170 cm³/mol. The maximum absolute atomic E-state index is 15.4. The second-order valence-electron chi connectivity index (χ2n) is 11.0. The Bertz CT molecular complexity index is 1890. The Labute approximate surface area is 259 Å². The summed E-state index contributed by atoms with van der Waals surface area (Å²) in [6, 6.07) is 10.1. The summed E-state index contributed by atoms with van der Waals surface area (Å²) in [5.41, 5.74) is 3.07. The first-order valence-corrected chi connectivity index (χ1v) is 14.6. The van der Waals surface area contributed by atoms with Gasteiger partial charge in [0.15, 0.2) is 5.65 Å². The highest BCUT2D eigenvalue weighted by molar-refractivity contribution is 5.95. The highest BCUT2D eigenvalue weighted by atomic mass is 19.1. The fourth-order valence-electron chi connectivity index (χ4n) is 5.13. The highest BCUT2D eigenvalue weighted by Gasteiger charge is 2.25. The number of carbonyl (C=O) groups is 1. The number of aromatic nitrogens is 5. The van der Waals surface area contributed by atoms with E-state index in [-0.39, 0.29) is 17.6 Å².